The average molecular weight is 271 g/mol. The summed E-state index contributed by atoms with van der Waals surface area (Å²) in [5, 5.41) is 8.76. The SMILES string of the molecule is CC1CCC(C)N(Cc2cccc(C#CCCO)c2)C1. The number of hydrogen-bond donors (Lipinski definition) is 1. The number of nitrogens with zero attached hydrogens (tertiary/aromatic N) is 1. The number of likely N-dealkylation sites (tertiary alicyclic amines) is 1. The lowest BCUT2D eigenvalue weighted by Crippen LogP contribution is -2.40. The fourth-order valence-corrected chi connectivity index (χ4v) is 2.80. The summed E-state index contributed by atoms with van der Waals surface area (Å²) < 4.78 is 0. The second-order valence-electron chi connectivity index (χ2n) is 5.94. The van der Waals surface area contributed by atoms with Crippen molar-refractivity contribution in [3.63, 3.8) is 0 Å². The molecule has 2 heteroatoms. The highest BCUT2D eigenvalue weighted by Crippen LogP contribution is 2.23. The van der Waals surface area contributed by atoms with E-state index in [-0.39, 0.29) is 6.61 Å². The lowest BCUT2D eigenvalue weighted by atomic mass is 9.94. The first kappa shape index (κ1) is 15.1. The van der Waals surface area contributed by atoms with Crippen molar-refractivity contribution >= 4 is 0 Å². The zero-order chi connectivity index (χ0) is 14.4. The van der Waals surface area contributed by atoms with E-state index < -0.39 is 0 Å². The topological polar surface area (TPSA) is 23.5 Å². The zero-order valence-corrected chi connectivity index (χ0v) is 12.6. The summed E-state index contributed by atoms with van der Waals surface area (Å²) >= 11 is 0. The van der Waals surface area contributed by atoms with E-state index in [9.17, 15) is 0 Å². The molecule has 0 saturated carbocycles. The van der Waals surface area contributed by atoms with Crippen LogP contribution in [-0.4, -0.2) is 29.2 Å². The number of aliphatic hydroxyl groups is 1. The van der Waals surface area contributed by atoms with Gasteiger partial charge in [0.1, 0.15) is 0 Å². The van der Waals surface area contributed by atoms with E-state index in [4.69, 9.17) is 5.11 Å². The van der Waals surface area contributed by atoms with Crippen LogP contribution in [0.4, 0.5) is 0 Å². The molecule has 108 valence electrons. The smallest absolute Gasteiger partial charge is 0.0540 e. The number of hydrogen-bond acceptors (Lipinski definition) is 2. The van der Waals surface area contributed by atoms with Crippen molar-refractivity contribution in [2.45, 2.75) is 45.7 Å². The molecule has 2 atom stereocenters. The van der Waals surface area contributed by atoms with Crippen LogP contribution in [0.2, 0.25) is 0 Å². The van der Waals surface area contributed by atoms with Crippen LogP contribution in [0.15, 0.2) is 24.3 Å². The van der Waals surface area contributed by atoms with Crippen molar-refractivity contribution in [2.75, 3.05) is 13.2 Å². The molecular weight excluding hydrogens is 246 g/mol. The van der Waals surface area contributed by atoms with Crippen molar-refractivity contribution in [3.05, 3.63) is 35.4 Å². The number of aliphatic hydroxyl groups excluding tert-OH is 1. The van der Waals surface area contributed by atoms with Crippen LogP contribution in [0.1, 0.15) is 44.2 Å². The van der Waals surface area contributed by atoms with E-state index in [2.05, 4.69) is 48.8 Å². The van der Waals surface area contributed by atoms with E-state index in [1.54, 1.807) is 0 Å². The van der Waals surface area contributed by atoms with E-state index in [1.807, 2.05) is 6.07 Å². The molecule has 0 spiro atoms. The zero-order valence-electron chi connectivity index (χ0n) is 12.6. The summed E-state index contributed by atoms with van der Waals surface area (Å²) in [4.78, 5) is 2.58. The van der Waals surface area contributed by atoms with Crippen LogP contribution in [-0.2, 0) is 6.54 Å². The van der Waals surface area contributed by atoms with Crippen LogP contribution in [0, 0.1) is 17.8 Å². The Morgan fingerprint density at radius 3 is 2.95 bits per heavy atom. The van der Waals surface area contributed by atoms with Gasteiger partial charge in [0, 0.05) is 31.1 Å². The van der Waals surface area contributed by atoms with Crippen LogP contribution in [0.25, 0.3) is 0 Å². The molecule has 1 fully saturated rings. The van der Waals surface area contributed by atoms with Crippen LogP contribution < -0.4 is 0 Å². The Labute approximate surface area is 122 Å². The first-order valence-electron chi connectivity index (χ1n) is 7.61. The van der Waals surface area contributed by atoms with E-state index in [0.29, 0.717) is 12.5 Å². The molecule has 20 heavy (non-hydrogen) atoms. The summed E-state index contributed by atoms with van der Waals surface area (Å²) in [6.45, 7) is 7.02. The molecule has 2 rings (SSSR count). The first-order chi connectivity index (χ1) is 9.69. The van der Waals surface area contributed by atoms with Gasteiger partial charge in [-0.25, -0.2) is 0 Å². The van der Waals surface area contributed by atoms with Gasteiger partial charge >= 0.3 is 0 Å². The predicted molar refractivity (Wildman–Crippen MR) is 83.3 cm³/mol. The summed E-state index contributed by atoms with van der Waals surface area (Å²) in [7, 11) is 0. The molecule has 1 N–H and O–H groups in total. The van der Waals surface area contributed by atoms with Crippen molar-refractivity contribution in [1.29, 1.82) is 0 Å². The van der Waals surface area contributed by atoms with Crippen molar-refractivity contribution in [1.82, 2.24) is 4.90 Å². The predicted octanol–water partition coefficient (Wildman–Crippen LogP) is 3.04. The fraction of sp³-hybridized carbons (Fsp3) is 0.556. The Bertz CT molecular complexity index is 486. The summed E-state index contributed by atoms with van der Waals surface area (Å²) in [5.41, 5.74) is 2.38. The monoisotopic (exact) mass is 271 g/mol. The van der Waals surface area contributed by atoms with Gasteiger partial charge in [0.05, 0.1) is 6.61 Å². The molecule has 0 amide bonds. The Morgan fingerprint density at radius 2 is 2.15 bits per heavy atom. The molecular formula is C18H25NO. The van der Waals surface area contributed by atoms with E-state index in [0.717, 1.165) is 18.0 Å². The fourth-order valence-electron chi connectivity index (χ4n) is 2.80. The van der Waals surface area contributed by atoms with Gasteiger partial charge in [0.2, 0.25) is 0 Å². The maximum absolute atomic E-state index is 8.76. The molecule has 2 nitrogen and oxygen atoms in total. The standard InChI is InChI=1S/C18H25NO/c1-15-9-10-16(2)19(13-15)14-18-8-5-7-17(12-18)6-3-4-11-20/h5,7-8,12,15-16,20H,4,9-11,13-14H2,1-2H3. The van der Waals surface area contributed by atoms with Gasteiger partial charge < -0.3 is 5.11 Å². The number of rotatable bonds is 3. The summed E-state index contributed by atoms with van der Waals surface area (Å²) in [6.07, 6.45) is 3.20. The molecule has 1 saturated heterocycles. The van der Waals surface area contributed by atoms with Crippen molar-refractivity contribution in [2.24, 2.45) is 5.92 Å². The van der Waals surface area contributed by atoms with Gasteiger partial charge in [0.25, 0.3) is 0 Å². The molecule has 0 bridgehead atoms. The van der Waals surface area contributed by atoms with Gasteiger partial charge in [-0.1, -0.05) is 30.9 Å². The van der Waals surface area contributed by atoms with Gasteiger partial charge in [0.15, 0.2) is 0 Å². The minimum Gasteiger partial charge on any atom is -0.395 e. The second kappa shape index (κ2) is 7.47. The normalized spacial score (nSPS) is 23.1. The summed E-state index contributed by atoms with van der Waals surface area (Å²) in [5.74, 6) is 6.90. The van der Waals surface area contributed by atoms with Gasteiger partial charge in [-0.3, -0.25) is 4.90 Å². The Hall–Kier alpha value is -1.30. The van der Waals surface area contributed by atoms with Crippen LogP contribution in [0.5, 0.6) is 0 Å². The van der Waals surface area contributed by atoms with Gasteiger partial charge in [-0.05, 0) is 43.4 Å². The van der Waals surface area contributed by atoms with Crippen LogP contribution >= 0.6 is 0 Å². The van der Waals surface area contributed by atoms with Crippen molar-refractivity contribution < 1.29 is 5.11 Å². The molecule has 1 aromatic carbocycles. The lowest BCUT2D eigenvalue weighted by molar-refractivity contribution is 0.117. The van der Waals surface area contributed by atoms with Crippen LogP contribution in [0.3, 0.4) is 0 Å². The number of benzene rings is 1. The Morgan fingerprint density at radius 1 is 1.30 bits per heavy atom. The maximum atomic E-state index is 8.76. The molecule has 1 heterocycles. The largest absolute Gasteiger partial charge is 0.395 e. The lowest BCUT2D eigenvalue weighted by Gasteiger charge is -2.36. The third kappa shape index (κ3) is 4.37. The Kier molecular flexibility index (Phi) is 5.64. The maximum Gasteiger partial charge on any atom is 0.0540 e. The third-order valence-electron chi connectivity index (χ3n) is 4.03. The molecule has 0 aromatic heterocycles. The van der Waals surface area contributed by atoms with Gasteiger partial charge in [-0.2, -0.15) is 0 Å². The highest BCUT2D eigenvalue weighted by Gasteiger charge is 2.22. The van der Waals surface area contributed by atoms with Crippen molar-refractivity contribution in [3.8, 4) is 11.8 Å². The first-order valence-corrected chi connectivity index (χ1v) is 7.61. The van der Waals surface area contributed by atoms with E-state index in [1.165, 1.54) is 24.9 Å². The molecule has 2 unspecified atom stereocenters. The molecule has 0 aliphatic carbocycles. The average Bonchev–Trinajstić information content (AvgIpc) is 2.44. The summed E-state index contributed by atoms with van der Waals surface area (Å²) in [6, 6.07) is 9.15. The molecule has 1 aliphatic heterocycles. The molecule has 0 radical (unpaired) electrons. The second-order valence-corrected chi connectivity index (χ2v) is 5.94. The quantitative estimate of drug-likeness (QED) is 0.854. The van der Waals surface area contributed by atoms with Gasteiger partial charge in [-0.15, -0.1) is 0 Å². The van der Waals surface area contributed by atoms with E-state index >= 15 is 0 Å². The minimum atomic E-state index is 0.135. The highest BCUT2D eigenvalue weighted by atomic mass is 16.2. The molecule has 1 aliphatic rings. The number of piperidine rings is 1. The third-order valence-corrected chi connectivity index (χ3v) is 4.03. The molecule has 1 aromatic rings. The minimum absolute atomic E-state index is 0.135. The Balaban J connectivity index is 2.02. The highest BCUT2D eigenvalue weighted by molar-refractivity contribution is 5.37.